The molecule has 1 amide bonds. The van der Waals surface area contributed by atoms with Crippen molar-refractivity contribution >= 4 is 17.4 Å². The van der Waals surface area contributed by atoms with Crippen LogP contribution in [0.25, 0.3) is 11.1 Å². The Morgan fingerprint density at radius 2 is 1.82 bits per heavy atom. The van der Waals surface area contributed by atoms with Gasteiger partial charge in [0.2, 0.25) is 0 Å². The zero-order chi connectivity index (χ0) is 19.7. The number of pyridine rings is 1. The third-order valence-corrected chi connectivity index (χ3v) is 4.64. The summed E-state index contributed by atoms with van der Waals surface area (Å²) >= 11 is 0. The molecule has 3 aromatic rings. The summed E-state index contributed by atoms with van der Waals surface area (Å²) in [7, 11) is 0. The fourth-order valence-corrected chi connectivity index (χ4v) is 3.29. The van der Waals surface area contributed by atoms with E-state index in [2.05, 4.69) is 15.6 Å². The minimum Gasteiger partial charge on any atom is -0.384 e. The molecule has 2 N–H and O–H groups in total. The van der Waals surface area contributed by atoms with Crippen LogP contribution in [0.2, 0.25) is 0 Å². The van der Waals surface area contributed by atoms with E-state index in [1.807, 2.05) is 6.07 Å². The highest BCUT2D eigenvalue weighted by Gasteiger charge is 2.30. The number of halogens is 3. The first-order valence-corrected chi connectivity index (χ1v) is 8.72. The van der Waals surface area contributed by atoms with Crippen molar-refractivity contribution in [1.29, 1.82) is 0 Å². The molecule has 0 atom stereocenters. The molecule has 2 aromatic carbocycles. The standard InChI is InChI=1S/C21H16F3N3O/c22-21(23,24)15-4-1-3-13(11-15)14-7-9-26-19(12-14)27-20(28)17-5-2-6-18-16(17)8-10-25-18/h1-7,9,11-12,25H,8,10H2,(H,26,27,28). The van der Waals surface area contributed by atoms with Gasteiger partial charge < -0.3 is 10.6 Å². The average Bonchev–Trinajstić information content (AvgIpc) is 3.16. The SMILES string of the molecule is O=C(Nc1cc(-c2cccc(C(F)(F)F)c2)ccn1)c1cccc2c1CCN2. The first kappa shape index (κ1) is 18.0. The lowest BCUT2D eigenvalue weighted by atomic mass is 10.0. The van der Waals surface area contributed by atoms with Gasteiger partial charge in [0, 0.05) is 24.0 Å². The molecule has 0 fully saturated rings. The average molecular weight is 383 g/mol. The van der Waals surface area contributed by atoms with Crippen LogP contribution in [0.15, 0.2) is 60.8 Å². The second-order valence-electron chi connectivity index (χ2n) is 6.47. The van der Waals surface area contributed by atoms with Crippen molar-refractivity contribution in [2.75, 3.05) is 17.2 Å². The van der Waals surface area contributed by atoms with Gasteiger partial charge >= 0.3 is 6.18 Å². The second-order valence-corrected chi connectivity index (χ2v) is 6.47. The normalized spacial score (nSPS) is 13.0. The number of hydrogen-bond donors (Lipinski definition) is 2. The highest BCUT2D eigenvalue weighted by Crippen LogP contribution is 2.32. The first-order valence-electron chi connectivity index (χ1n) is 8.72. The van der Waals surface area contributed by atoms with E-state index in [9.17, 15) is 18.0 Å². The van der Waals surface area contributed by atoms with E-state index in [4.69, 9.17) is 0 Å². The molecule has 142 valence electrons. The van der Waals surface area contributed by atoms with Gasteiger partial charge in [-0.05, 0) is 59.5 Å². The van der Waals surface area contributed by atoms with Crippen molar-refractivity contribution in [3.8, 4) is 11.1 Å². The van der Waals surface area contributed by atoms with E-state index >= 15 is 0 Å². The summed E-state index contributed by atoms with van der Waals surface area (Å²) in [6.07, 6.45) is -2.19. The Hall–Kier alpha value is -3.35. The Bertz CT molecular complexity index is 1050. The summed E-state index contributed by atoms with van der Waals surface area (Å²) < 4.78 is 38.9. The summed E-state index contributed by atoms with van der Waals surface area (Å²) in [5.41, 5.74) is 2.68. The Balaban J connectivity index is 1.60. The summed E-state index contributed by atoms with van der Waals surface area (Å²) in [5.74, 6) is -0.0160. The number of anilines is 2. The minimum atomic E-state index is -4.41. The molecular weight excluding hydrogens is 367 g/mol. The smallest absolute Gasteiger partial charge is 0.384 e. The van der Waals surface area contributed by atoms with Gasteiger partial charge in [-0.1, -0.05) is 18.2 Å². The number of nitrogens with zero attached hydrogens (tertiary/aromatic N) is 1. The lowest BCUT2D eigenvalue weighted by molar-refractivity contribution is -0.137. The number of aromatic nitrogens is 1. The first-order chi connectivity index (χ1) is 13.4. The topological polar surface area (TPSA) is 54.0 Å². The van der Waals surface area contributed by atoms with Crippen LogP contribution >= 0.6 is 0 Å². The van der Waals surface area contributed by atoms with E-state index < -0.39 is 11.7 Å². The lowest BCUT2D eigenvalue weighted by Crippen LogP contribution is -2.14. The Labute approximate surface area is 159 Å². The van der Waals surface area contributed by atoms with Gasteiger partial charge in [0.1, 0.15) is 5.82 Å². The number of rotatable bonds is 3. The number of amides is 1. The van der Waals surface area contributed by atoms with Crippen molar-refractivity contribution in [2.24, 2.45) is 0 Å². The van der Waals surface area contributed by atoms with Gasteiger partial charge in [-0.15, -0.1) is 0 Å². The quantitative estimate of drug-likeness (QED) is 0.670. The van der Waals surface area contributed by atoms with Gasteiger partial charge in [-0.3, -0.25) is 4.79 Å². The van der Waals surface area contributed by atoms with Crippen LogP contribution in [-0.2, 0) is 12.6 Å². The van der Waals surface area contributed by atoms with Gasteiger partial charge in [0.25, 0.3) is 5.91 Å². The van der Waals surface area contributed by atoms with Crippen LogP contribution in [-0.4, -0.2) is 17.4 Å². The monoisotopic (exact) mass is 383 g/mol. The van der Waals surface area contributed by atoms with Gasteiger partial charge in [0.15, 0.2) is 0 Å². The summed E-state index contributed by atoms with van der Waals surface area (Å²) in [6.45, 7) is 0.781. The predicted octanol–water partition coefficient (Wildman–Crippen LogP) is 4.99. The zero-order valence-corrected chi connectivity index (χ0v) is 14.7. The fraction of sp³-hybridized carbons (Fsp3) is 0.143. The number of hydrogen-bond acceptors (Lipinski definition) is 3. The predicted molar refractivity (Wildman–Crippen MR) is 101 cm³/mol. The van der Waals surface area contributed by atoms with E-state index in [-0.39, 0.29) is 11.7 Å². The summed E-state index contributed by atoms with van der Waals surface area (Å²) in [4.78, 5) is 16.8. The molecule has 0 saturated carbocycles. The molecule has 1 aliphatic heterocycles. The number of alkyl halides is 3. The molecule has 0 radical (unpaired) electrons. The van der Waals surface area contributed by atoms with Crippen LogP contribution in [0.1, 0.15) is 21.5 Å². The van der Waals surface area contributed by atoms with Crippen LogP contribution in [0.5, 0.6) is 0 Å². The van der Waals surface area contributed by atoms with Gasteiger partial charge in [0.05, 0.1) is 5.56 Å². The number of nitrogens with one attached hydrogen (secondary N) is 2. The zero-order valence-electron chi connectivity index (χ0n) is 14.7. The van der Waals surface area contributed by atoms with E-state index in [1.165, 1.54) is 12.3 Å². The molecular formula is C21H16F3N3O. The van der Waals surface area contributed by atoms with Crippen LogP contribution in [0.4, 0.5) is 24.7 Å². The maximum absolute atomic E-state index is 13.0. The summed E-state index contributed by atoms with van der Waals surface area (Å²) in [5, 5.41) is 5.96. The molecule has 2 heterocycles. The molecule has 0 unspecified atom stereocenters. The third kappa shape index (κ3) is 3.55. The van der Waals surface area contributed by atoms with Crippen molar-refractivity contribution in [1.82, 2.24) is 4.98 Å². The molecule has 4 rings (SSSR count). The Kier molecular flexibility index (Phi) is 4.50. The van der Waals surface area contributed by atoms with Crippen molar-refractivity contribution < 1.29 is 18.0 Å². The minimum absolute atomic E-state index is 0.281. The molecule has 0 spiro atoms. The summed E-state index contributed by atoms with van der Waals surface area (Å²) in [6, 6.07) is 13.7. The van der Waals surface area contributed by atoms with E-state index in [0.29, 0.717) is 16.7 Å². The Morgan fingerprint density at radius 3 is 2.64 bits per heavy atom. The third-order valence-electron chi connectivity index (χ3n) is 4.64. The van der Waals surface area contributed by atoms with E-state index in [0.717, 1.165) is 36.3 Å². The lowest BCUT2D eigenvalue weighted by Gasteiger charge is -2.11. The van der Waals surface area contributed by atoms with Crippen molar-refractivity contribution in [2.45, 2.75) is 12.6 Å². The number of benzene rings is 2. The number of fused-ring (bicyclic) bond motifs is 1. The molecule has 0 aliphatic carbocycles. The number of carbonyl (C=O) groups is 1. The van der Waals surface area contributed by atoms with Crippen molar-refractivity contribution in [3.63, 3.8) is 0 Å². The maximum Gasteiger partial charge on any atom is 0.416 e. The van der Waals surface area contributed by atoms with Crippen molar-refractivity contribution in [3.05, 3.63) is 77.5 Å². The fourth-order valence-electron chi connectivity index (χ4n) is 3.29. The highest BCUT2D eigenvalue weighted by atomic mass is 19.4. The molecule has 1 aliphatic rings. The second kappa shape index (κ2) is 6.99. The van der Waals surface area contributed by atoms with Crippen LogP contribution in [0, 0.1) is 0 Å². The molecule has 28 heavy (non-hydrogen) atoms. The van der Waals surface area contributed by atoms with E-state index in [1.54, 1.807) is 30.3 Å². The number of carbonyl (C=O) groups excluding carboxylic acids is 1. The Morgan fingerprint density at radius 1 is 1.04 bits per heavy atom. The van der Waals surface area contributed by atoms with Gasteiger partial charge in [-0.25, -0.2) is 4.98 Å². The molecule has 0 saturated heterocycles. The molecule has 1 aromatic heterocycles. The van der Waals surface area contributed by atoms with Gasteiger partial charge in [-0.2, -0.15) is 13.2 Å². The van der Waals surface area contributed by atoms with Crippen LogP contribution in [0.3, 0.4) is 0 Å². The largest absolute Gasteiger partial charge is 0.416 e. The highest BCUT2D eigenvalue weighted by molar-refractivity contribution is 6.06. The molecule has 7 heteroatoms. The molecule has 0 bridgehead atoms. The molecule has 4 nitrogen and oxygen atoms in total. The maximum atomic E-state index is 13.0. The van der Waals surface area contributed by atoms with Crippen LogP contribution < -0.4 is 10.6 Å².